The fourth-order valence-corrected chi connectivity index (χ4v) is 5.12. The van der Waals surface area contributed by atoms with Crippen molar-refractivity contribution in [1.82, 2.24) is 0 Å². The minimum Gasteiger partial charge on any atom is -0.458 e. The van der Waals surface area contributed by atoms with Crippen LogP contribution in [0.5, 0.6) is 23.0 Å². The monoisotopic (exact) mass is 404 g/mol. The highest BCUT2D eigenvalue weighted by Crippen LogP contribution is 2.40. The Hall–Kier alpha value is -3.43. The molecule has 2 aliphatic heterocycles. The minimum atomic E-state index is 0.0361. The fourth-order valence-electron chi connectivity index (χ4n) is 4.92. The van der Waals surface area contributed by atoms with Crippen molar-refractivity contribution in [1.29, 1.82) is 0 Å². The van der Waals surface area contributed by atoms with Crippen LogP contribution in [0.4, 0.5) is 0 Å². The Kier molecular flexibility index (Phi) is 3.17. The zero-order valence-corrected chi connectivity index (χ0v) is 16.6. The van der Waals surface area contributed by atoms with Crippen LogP contribution >= 0.6 is 11.6 Å². The number of benzene rings is 5. The van der Waals surface area contributed by atoms with Crippen molar-refractivity contribution in [3.8, 4) is 23.0 Å². The first kappa shape index (κ1) is 16.4. The molecule has 0 bridgehead atoms. The van der Waals surface area contributed by atoms with Crippen molar-refractivity contribution >= 4 is 56.2 Å². The molecule has 5 aromatic rings. The number of halogens is 1. The molecule has 30 heavy (non-hydrogen) atoms. The van der Waals surface area contributed by atoms with Crippen LogP contribution in [-0.4, -0.2) is 6.71 Å². The molecule has 0 atom stereocenters. The zero-order valence-electron chi connectivity index (χ0n) is 15.9. The van der Waals surface area contributed by atoms with Crippen molar-refractivity contribution < 1.29 is 9.47 Å². The van der Waals surface area contributed by atoms with Gasteiger partial charge in [-0.1, -0.05) is 84.4 Å². The van der Waals surface area contributed by atoms with Gasteiger partial charge in [0.2, 0.25) is 0 Å². The number of hydrogen-bond donors (Lipinski definition) is 0. The summed E-state index contributed by atoms with van der Waals surface area (Å²) in [6.07, 6.45) is 0. The molecule has 0 aliphatic carbocycles. The van der Waals surface area contributed by atoms with Gasteiger partial charge in [0.1, 0.15) is 23.0 Å². The lowest BCUT2D eigenvalue weighted by molar-refractivity contribution is 0.470. The second-order valence-corrected chi connectivity index (χ2v) is 8.30. The Morgan fingerprint density at radius 3 is 1.63 bits per heavy atom. The molecular weight excluding hydrogens is 391 g/mol. The standard InChI is InChI=1S/C26H14BClO2/c28-17-13-22-24-23(14-17)30-26-19-8-4-2-6-16(19)10-12-21(26)27(24)20-11-9-15-5-1-3-7-18(15)25(20)29-22/h1-14H. The largest absolute Gasteiger partial charge is 0.458 e. The third kappa shape index (κ3) is 2.10. The molecule has 2 nitrogen and oxygen atoms in total. The van der Waals surface area contributed by atoms with E-state index in [1.54, 1.807) is 0 Å². The Bertz CT molecular complexity index is 1410. The molecule has 0 amide bonds. The van der Waals surface area contributed by atoms with Crippen LogP contribution in [0.25, 0.3) is 21.5 Å². The lowest BCUT2D eigenvalue weighted by Gasteiger charge is -2.34. The number of rotatable bonds is 0. The van der Waals surface area contributed by atoms with Crippen LogP contribution in [-0.2, 0) is 0 Å². The summed E-state index contributed by atoms with van der Waals surface area (Å²) in [6.45, 7) is 0.0361. The maximum absolute atomic E-state index is 6.46. The van der Waals surface area contributed by atoms with E-state index in [1.807, 2.05) is 12.1 Å². The summed E-state index contributed by atoms with van der Waals surface area (Å²) in [7, 11) is 0. The molecule has 4 heteroatoms. The second-order valence-electron chi connectivity index (χ2n) is 7.86. The van der Waals surface area contributed by atoms with Crippen LogP contribution in [0.1, 0.15) is 0 Å². The molecule has 5 aromatic carbocycles. The summed E-state index contributed by atoms with van der Waals surface area (Å²) in [5.41, 5.74) is 3.36. The molecule has 140 valence electrons. The molecule has 0 aromatic heterocycles. The zero-order chi connectivity index (χ0) is 19.8. The van der Waals surface area contributed by atoms with Crippen molar-refractivity contribution in [3.63, 3.8) is 0 Å². The fraction of sp³-hybridized carbons (Fsp3) is 0. The summed E-state index contributed by atoms with van der Waals surface area (Å²) < 4.78 is 12.9. The molecule has 0 fully saturated rings. The van der Waals surface area contributed by atoms with Gasteiger partial charge in [-0.2, -0.15) is 0 Å². The lowest BCUT2D eigenvalue weighted by atomic mass is 9.34. The Morgan fingerprint density at radius 1 is 0.600 bits per heavy atom. The summed E-state index contributed by atoms with van der Waals surface area (Å²) in [4.78, 5) is 0. The predicted octanol–water partition coefficient (Wildman–Crippen LogP) is 5.37. The van der Waals surface area contributed by atoms with E-state index in [0.717, 1.165) is 60.9 Å². The summed E-state index contributed by atoms with van der Waals surface area (Å²) in [5, 5.41) is 5.14. The average Bonchev–Trinajstić information content (AvgIpc) is 2.78. The quantitative estimate of drug-likeness (QED) is 0.316. The van der Waals surface area contributed by atoms with Gasteiger partial charge in [-0.05, 0) is 33.8 Å². The lowest BCUT2D eigenvalue weighted by Crippen LogP contribution is -2.57. The predicted molar refractivity (Wildman–Crippen MR) is 124 cm³/mol. The van der Waals surface area contributed by atoms with Crippen molar-refractivity contribution in [2.45, 2.75) is 0 Å². The van der Waals surface area contributed by atoms with E-state index in [1.165, 1.54) is 0 Å². The molecule has 2 aliphatic rings. The molecule has 0 spiro atoms. The summed E-state index contributed by atoms with van der Waals surface area (Å²) in [5.74, 6) is 3.34. The SMILES string of the molecule is Clc1cc2c3c(c1)Oc1c(ccc4ccccc14)B3c1ccc3ccccc3c1O2. The van der Waals surface area contributed by atoms with E-state index < -0.39 is 0 Å². The molecule has 2 heterocycles. The summed E-state index contributed by atoms with van der Waals surface area (Å²) in [6, 6.07) is 29.2. The van der Waals surface area contributed by atoms with Gasteiger partial charge in [0.05, 0.1) is 0 Å². The number of hydrogen-bond acceptors (Lipinski definition) is 2. The topological polar surface area (TPSA) is 18.5 Å². The van der Waals surface area contributed by atoms with Gasteiger partial charge < -0.3 is 9.47 Å². The maximum atomic E-state index is 6.46. The van der Waals surface area contributed by atoms with E-state index in [-0.39, 0.29) is 6.71 Å². The maximum Gasteiger partial charge on any atom is 0.260 e. The average molecular weight is 405 g/mol. The van der Waals surface area contributed by atoms with Crippen molar-refractivity contribution in [2.75, 3.05) is 0 Å². The van der Waals surface area contributed by atoms with Crippen LogP contribution in [0.3, 0.4) is 0 Å². The molecular formula is C26H14BClO2. The van der Waals surface area contributed by atoms with Gasteiger partial charge in [-0.3, -0.25) is 0 Å². The van der Waals surface area contributed by atoms with Gasteiger partial charge in [-0.25, -0.2) is 0 Å². The highest BCUT2D eigenvalue weighted by molar-refractivity contribution is 6.98. The Balaban J connectivity index is 1.61. The third-order valence-electron chi connectivity index (χ3n) is 6.22. The van der Waals surface area contributed by atoms with Crippen LogP contribution in [0.15, 0.2) is 84.9 Å². The molecule has 0 saturated carbocycles. The highest BCUT2D eigenvalue weighted by atomic mass is 35.5. The number of ether oxygens (including phenoxy) is 2. The smallest absolute Gasteiger partial charge is 0.260 e. The van der Waals surface area contributed by atoms with Gasteiger partial charge in [0.15, 0.2) is 0 Å². The first-order chi connectivity index (χ1) is 14.8. The molecule has 0 saturated heterocycles. The highest BCUT2D eigenvalue weighted by Gasteiger charge is 2.41. The second kappa shape index (κ2) is 5.81. The summed E-state index contributed by atoms with van der Waals surface area (Å²) >= 11 is 6.46. The number of fused-ring (bicyclic) bond motifs is 8. The minimum absolute atomic E-state index is 0.0361. The van der Waals surface area contributed by atoms with Crippen LogP contribution < -0.4 is 25.9 Å². The van der Waals surface area contributed by atoms with Gasteiger partial charge in [0, 0.05) is 21.3 Å². The van der Waals surface area contributed by atoms with Crippen molar-refractivity contribution in [2.24, 2.45) is 0 Å². The molecule has 7 rings (SSSR count). The van der Waals surface area contributed by atoms with Gasteiger partial charge in [0.25, 0.3) is 6.71 Å². The third-order valence-corrected chi connectivity index (χ3v) is 6.44. The molecule has 0 unspecified atom stereocenters. The van der Waals surface area contributed by atoms with E-state index in [4.69, 9.17) is 21.1 Å². The van der Waals surface area contributed by atoms with E-state index in [9.17, 15) is 0 Å². The van der Waals surface area contributed by atoms with Gasteiger partial charge >= 0.3 is 0 Å². The normalized spacial score (nSPS) is 13.3. The Labute approximate surface area is 178 Å². The first-order valence-electron chi connectivity index (χ1n) is 10.0. The van der Waals surface area contributed by atoms with Crippen molar-refractivity contribution in [3.05, 3.63) is 90.0 Å². The van der Waals surface area contributed by atoms with Crippen LogP contribution in [0, 0.1) is 0 Å². The molecule has 0 radical (unpaired) electrons. The van der Waals surface area contributed by atoms with E-state index >= 15 is 0 Å². The van der Waals surface area contributed by atoms with Crippen LogP contribution in [0.2, 0.25) is 5.02 Å². The van der Waals surface area contributed by atoms with Gasteiger partial charge in [-0.15, -0.1) is 0 Å². The van der Waals surface area contributed by atoms with E-state index in [2.05, 4.69) is 72.8 Å². The molecule has 0 N–H and O–H groups in total. The first-order valence-corrected chi connectivity index (χ1v) is 10.4. The van der Waals surface area contributed by atoms with E-state index in [0.29, 0.717) is 5.02 Å². The Morgan fingerprint density at radius 2 is 1.10 bits per heavy atom.